The second kappa shape index (κ2) is 5.19. The van der Waals surface area contributed by atoms with Gasteiger partial charge in [0.2, 0.25) is 0 Å². The standard InChI is InChI=1S/C18H19N3O3/c1-10(2)16-19-14(18(23)24)15-13-8-5-9-20(13)17(22)11-6-3-4-7-12(11)21(15)16/h3-4,6-7,10,13H,5,8-9H2,1-2H3,(H,23,24)/t13-/m0/s1. The number of nitrogens with zero attached hydrogens (tertiary/aromatic N) is 3. The van der Waals surface area contributed by atoms with Gasteiger partial charge in [0, 0.05) is 12.5 Å². The van der Waals surface area contributed by atoms with E-state index in [1.807, 2.05) is 42.7 Å². The third-order valence-corrected chi connectivity index (χ3v) is 4.86. The number of hydrogen-bond donors (Lipinski definition) is 1. The Morgan fingerprint density at radius 1 is 1.33 bits per heavy atom. The number of imidazole rings is 1. The molecule has 24 heavy (non-hydrogen) atoms. The van der Waals surface area contributed by atoms with E-state index in [4.69, 9.17) is 0 Å². The summed E-state index contributed by atoms with van der Waals surface area (Å²) in [4.78, 5) is 31.1. The lowest BCUT2D eigenvalue weighted by atomic mass is 10.1. The molecule has 2 aromatic rings. The van der Waals surface area contributed by atoms with E-state index in [0.717, 1.165) is 18.5 Å². The van der Waals surface area contributed by atoms with Crippen molar-refractivity contribution in [3.8, 4) is 5.69 Å². The maximum atomic E-state index is 13.0. The zero-order valence-electron chi connectivity index (χ0n) is 13.7. The average Bonchev–Trinajstić information content (AvgIpc) is 3.16. The first-order valence-electron chi connectivity index (χ1n) is 8.27. The lowest BCUT2D eigenvalue weighted by molar-refractivity contribution is 0.0673. The van der Waals surface area contributed by atoms with E-state index in [0.29, 0.717) is 23.6 Å². The molecule has 6 heteroatoms. The van der Waals surface area contributed by atoms with Crippen LogP contribution in [0.3, 0.4) is 0 Å². The number of aromatic carboxylic acids is 1. The van der Waals surface area contributed by atoms with Gasteiger partial charge in [-0.05, 0) is 25.0 Å². The molecule has 0 unspecified atom stereocenters. The molecule has 0 bridgehead atoms. The van der Waals surface area contributed by atoms with Gasteiger partial charge in [-0.1, -0.05) is 26.0 Å². The second-order valence-electron chi connectivity index (χ2n) is 6.67. The summed E-state index contributed by atoms with van der Waals surface area (Å²) in [6.45, 7) is 4.63. The maximum absolute atomic E-state index is 13.0. The van der Waals surface area contributed by atoms with Crippen LogP contribution < -0.4 is 0 Å². The Labute approximate surface area is 139 Å². The highest BCUT2D eigenvalue weighted by atomic mass is 16.4. The number of amides is 1. The van der Waals surface area contributed by atoms with Gasteiger partial charge in [0.05, 0.1) is 23.0 Å². The molecule has 124 valence electrons. The van der Waals surface area contributed by atoms with Crippen LogP contribution in [0.2, 0.25) is 0 Å². The predicted molar refractivity (Wildman–Crippen MR) is 87.6 cm³/mol. The molecule has 0 aliphatic carbocycles. The van der Waals surface area contributed by atoms with Gasteiger partial charge in [0.1, 0.15) is 5.82 Å². The van der Waals surface area contributed by atoms with Gasteiger partial charge in [0.15, 0.2) is 5.69 Å². The minimum Gasteiger partial charge on any atom is -0.476 e. The molecular formula is C18H19N3O3. The summed E-state index contributed by atoms with van der Waals surface area (Å²) in [6.07, 6.45) is 1.64. The quantitative estimate of drug-likeness (QED) is 0.921. The number of carbonyl (C=O) groups excluding carboxylic acids is 1. The molecule has 1 atom stereocenters. The van der Waals surface area contributed by atoms with Crippen molar-refractivity contribution in [3.05, 3.63) is 47.0 Å². The summed E-state index contributed by atoms with van der Waals surface area (Å²) in [7, 11) is 0. The summed E-state index contributed by atoms with van der Waals surface area (Å²) in [5.74, 6) is -0.323. The van der Waals surface area contributed by atoms with Gasteiger partial charge >= 0.3 is 5.97 Å². The molecule has 1 aromatic heterocycles. The van der Waals surface area contributed by atoms with Gasteiger partial charge in [-0.25, -0.2) is 9.78 Å². The van der Waals surface area contributed by atoms with Crippen LogP contribution in [0.1, 0.15) is 71.0 Å². The molecule has 1 amide bonds. The van der Waals surface area contributed by atoms with E-state index < -0.39 is 5.97 Å². The van der Waals surface area contributed by atoms with Crippen LogP contribution in [0.15, 0.2) is 24.3 Å². The van der Waals surface area contributed by atoms with Gasteiger partial charge in [-0.3, -0.25) is 9.36 Å². The van der Waals surface area contributed by atoms with Crippen LogP contribution in [0, 0.1) is 0 Å². The molecule has 0 radical (unpaired) electrons. The SMILES string of the molecule is CC(C)c1nc(C(=O)O)c2n1-c1ccccc1C(=O)N1CCC[C@@H]21. The minimum absolute atomic E-state index is 0.0251. The minimum atomic E-state index is -1.04. The van der Waals surface area contributed by atoms with Crippen molar-refractivity contribution in [1.29, 1.82) is 0 Å². The Bertz CT molecular complexity index is 853. The monoisotopic (exact) mass is 325 g/mol. The molecule has 1 saturated heterocycles. The Kier molecular flexibility index (Phi) is 3.23. The van der Waals surface area contributed by atoms with Crippen molar-refractivity contribution in [1.82, 2.24) is 14.5 Å². The molecule has 3 heterocycles. The van der Waals surface area contributed by atoms with Crippen molar-refractivity contribution in [2.75, 3.05) is 6.54 Å². The summed E-state index contributed by atoms with van der Waals surface area (Å²) >= 11 is 0. The first-order valence-corrected chi connectivity index (χ1v) is 8.27. The second-order valence-corrected chi connectivity index (χ2v) is 6.67. The molecule has 1 fully saturated rings. The van der Waals surface area contributed by atoms with E-state index >= 15 is 0 Å². The average molecular weight is 325 g/mol. The molecule has 0 saturated carbocycles. The van der Waals surface area contributed by atoms with Crippen LogP contribution in [0.5, 0.6) is 0 Å². The number of aromatic nitrogens is 2. The maximum Gasteiger partial charge on any atom is 0.356 e. The van der Waals surface area contributed by atoms with Crippen LogP contribution in [0.4, 0.5) is 0 Å². The highest BCUT2D eigenvalue weighted by Crippen LogP contribution is 2.41. The smallest absolute Gasteiger partial charge is 0.356 e. The van der Waals surface area contributed by atoms with Crippen LogP contribution in [0.25, 0.3) is 5.69 Å². The normalized spacial score (nSPS) is 19.0. The summed E-state index contributed by atoms with van der Waals surface area (Å²) < 4.78 is 1.91. The molecule has 2 aliphatic rings. The van der Waals surface area contributed by atoms with Crippen molar-refractivity contribution in [2.45, 2.75) is 38.6 Å². The number of carbonyl (C=O) groups is 2. The Morgan fingerprint density at radius 3 is 2.79 bits per heavy atom. The third-order valence-electron chi connectivity index (χ3n) is 4.86. The topological polar surface area (TPSA) is 75.4 Å². The van der Waals surface area contributed by atoms with Crippen molar-refractivity contribution >= 4 is 11.9 Å². The van der Waals surface area contributed by atoms with E-state index in [2.05, 4.69) is 4.98 Å². The van der Waals surface area contributed by atoms with Gasteiger partial charge < -0.3 is 10.0 Å². The zero-order valence-corrected chi connectivity index (χ0v) is 13.7. The predicted octanol–water partition coefficient (Wildman–Crippen LogP) is 2.98. The first kappa shape index (κ1) is 14.9. The molecule has 4 rings (SSSR count). The molecule has 0 spiro atoms. The number of carboxylic acids is 1. The fourth-order valence-electron chi connectivity index (χ4n) is 3.85. The zero-order chi connectivity index (χ0) is 17.0. The summed E-state index contributed by atoms with van der Waals surface area (Å²) in [5, 5.41) is 9.68. The molecule has 6 nitrogen and oxygen atoms in total. The number of hydrogen-bond acceptors (Lipinski definition) is 3. The third kappa shape index (κ3) is 1.92. The van der Waals surface area contributed by atoms with Crippen LogP contribution in [-0.2, 0) is 0 Å². The Balaban J connectivity index is 2.12. The highest BCUT2D eigenvalue weighted by Gasteiger charge is 2.41. The van der Waals surface area contributed by atoms with E-state index in [1.165, 1.54) is 0 Å². The van der Waals surface area contributed by atoms with Crippen molar-refractivity contribution in [3.63, 3.8) is 0 Å². The first-order chi connectivity index (χ1) is 11.5. The van der Waals surface area contributed by atoms with Crippen molar-refractivity contribution in [2.24, 2.45) is 0 Å². The summed E-state index contributed by atoms with van der Waals surface area (Å²) in [6, 6.07) is 7.18. The van der Waals surface area contributed by atoms with Crippen LogP contribution >= 0.6 is 0 Å². The largest absolute Gasteiger partial charge is 0.476 e. The number of carboxylic acid groups (broad SMARTS) is 1. The summed E-state index contributed by atoms with van der Waals surface area (Å²) in [5.41, 5.74) is 2.05. The molecule has 2 aliphatic heterocycles. The highest BCUT2D eigenvalue weighted by molar-refractivity contribution is 5.99. The van der Waals surface area contributed by atoms with Gasteiger partial charge in [-0.2, -0.15) is 0 Å². The van der Waals surface area contributed by atoms with E-state index in [1.54, 1.807) is 4.90 Å². The fourth-order valence-corrected chi connectivity index (χ4v) is 3.85. The lowest BCUT2D eigenvalue weighted by Gasteiger charge is -2.22. The number of fused-ring (bicyclic) bond motifs is 5. The van der Waals surface area contributed by atoms with Gasteiger partial charge in [0.25, 0.3) is 5.91 Å². The molecular weight excluding hydrogens is 306 g/mol. The molecule has 1 N–H and O–H groups in total. The number of para-hydroxylation sites is 1. The molecule has 1 aromatic carbocycles. The van der Waals surface area contributed by atoms with E-state index in [9.17, 15) is 14.7 Å². The van der Waals surface area contributed by atoms with E-state index in [-0.39, 0.29) is 23.6 Å². The fraction of sp³-hybridized carbons (Fsp3) is 0.389. The lowest BCUT2D eigenvalue weighted by Crippen LogP contribution is -2.30. The Morgan fingerprint density at radius 2 is 2.08 bits per heavy atom. The van der Waals surface area contributed by atoms with Crippen molar-refractivity contribution < 1.29 is 14.7 Å². The number of benzene rings is 1. The van der Waals surface area contributed by atoms with Crippen LogP contribution in [-0.4, -0.2) is 38.0 Å². The van der Waals surface area contributed by atoms with Gasteiger partial charge in [-0.15, -0.1) is 0 Å². The Hall–Kier alpha value is -2.63. The number of rotatable bonds is 2.